The molecule has 150 valence electrons. The number of nitrogens with zero attached hydrogens (tertiary/aromatic N) is 2. The molecule has 0 aliphatic carbocycles. The molecule has 29 heavy (non-hydrogen) atoms. The van der Waals surface area contributed by atoms with Crippen LogP contribution in [-0.2, 0) is 6.42 Å². The highest BCUT2D eigenvalue weighted by Gasteiger charge is 2.10. The normalized spacial score (nSPS) is 10.3. The Morgan fingerprint density at radius 1 is 1.07 bits per heavy atom. The van der Waals surface area contributed by atoms with Crippen LogP contribution in [-0.4, -0.2) is 36.6 Å². The minimum atomic E-state index is -0.324. The van der Waals surface area contributed by atoms with E-state index in [-0.39, 0.29) is 11.7 Å². The summed E-state index contributed by atoms with van der Waals surface area (Å²) >= 11 is 0. The first kappa shape index (κ1) is 20.1. The number of hydrogen-bond donors (Lipinski definition) is 2. The van der Waals surface area contributed by atoms with Crippen LogP contribution >= 0.6 is 0 Å². The van der Waals surface area contributed by atoms with Crippen molar-refractivity contribution in [2.24, 2.45) is 0 Å². The van der Waals surface area contributed by atoms with Gasteiger partial charge in [0.2, 0.25) is 5.95 Å². The molecule has 0 bridgehead atoms. The van der Waals surface area contributed by atoms with Crippen molar-refractivity contribution in [3.05, 3.63) is 71.8 Å². The van der Waals surface area contributed by atoms with Gasteiger partial charge in [-0.3, -0.25) is 4.79 Å². The molecule has 7 nitrogen and oxygen atoms in total. The van der Waals surface area contributed by atoms with Gasteiger partial charge in [0.25, 0.3) is 5.91 Å². The fourth-order valence-corrected chi connectivity index (χ4v) is 2.65. The lowest BCUT2D eigenvalue weighted by Crippen LogP contribution is -2.26. The number of anilines is 2. The van der Waals surface area contributed by atoms with Crippen molar-refractivity contribution in [3.8, 4) is 11.5 Å². The molecule has 3 aromatic rings. The lowest BCUT2D eigenvalue weighted by atomic mass is 10.1. The number of aromatic nitrogens is 2. The fourth-order valence-electron chi connectivity index (χ4n) is 2.65. The number of amides is 1. The van der Waals surface area contributed by atoms with E-state index in [1.54, 1.807) is 50.6 Å². The smallest absolute Gasteiger partial charge is 0.254 e. The van der Waals surface area contributed by atoms with Crippen LogP contribution in [0.3, 0.4) is 0 Å². The quantitative estimate of drug-likeness (QED) is 0.607. The number of halogens is 1. The minimum Gasteiger partial charge on any atom is -0.497 e. The Kier molecular flexibility index (Phi) is 6.57. The van der Waals surface area contributed by atoms with Gasteiger partial charge in [0.05, 0.1) is 25.5 Å². The van der Waals surface area contributed by atoms with Crippen LogP contribution in [0.5, 0.6) is 11.5 Å². The third kappa shape index (κ3) is 5.19. The third-order valence-electron chi connectivity index (χ3n) is 4.21. The number of carbonyl (C=O) groups excluding carboxylic acids is 1. The Labute approximate surface area is 167 Å². The zero-order chi connectivity index (χ0) is 20.6. The number of ether oxygens (including phenoxy) is 2. The van der Waals surface area contributed by atoms with E-state index in [0.29, 0.717) is 47.2 Å². The second-order valence-electron chi connectivity index (χ2n) is 6.08. The fraction of sp³-hybridized carbons (Fsp3) is 0.190. The molecule has 0 aliphatic rings. The summed E-state index contributed by atoms with van der Waals surface area (Å²) in [5.74, 6) is 0.944. The topological polar surface area (TPSA) is 85.4 Å². The van der Waals surface area contributed by atoms with Crippen molar-refractivity contribution in [3.63, 3.8) is 0 Å². The van der Waals surface area contributed by atoms with E-state index >= 15 is 0 Å². The van der Waals surface area contributed by atoms with E-state index in [1.807, 2.05) is 0 Å². The molecule has 0 unspecified atom stereocenters. The van der Waals surface area contributed by atoms with Crippen LogP contribution in [0.4, 0.5) is 16.0 Å². The molecule has 0 atom stereocenters. The van der Waals surface area contributed by atoms with Crippen LogP contribution in [0.25, 0.3) is 0 Å². The average Bonchev–Trinajstić information content (AvgIpc) is 2.75. The van der Waals surface area contributed by atoms with Gasteiger partial charge in [-0.2, -0.15) is 0 Å². The molecular formula is C21H21FN4O3. The summed E-state index contributed by atoms with van der Waals surface area (Å²) in [7, 11) is 3.13. The van der Waals surface area contributed by atoms with Gasteiger partial charge >= 0.3 is 0 Å². The lowest BCUT2D eigenvalue weighted by Gasteiger charge is -2.11. The van der Waals surface area contributed by atoms with Gasteiger partial charge in [-0.15, -0.1) is 0 Å². The first-order valence-corrected chi connectivity index (χ1v) is 8.93. The summed E-state index contributed by atoms with van der Waals surface area (Å²) in [6.45, 7) is 0.308. The van der Waals surface area contributed by atoms with Crippen LogP contribution in [0.2, 0.25) is 0 Å². The summed E-state index contributed by atoms with van der Waals surface area (Å²) in [6.07, 6.45) is 3.24. The highest BCUT2D eigenvalue weighted by molar-refractivity contribution is 5.93. The molecule has 1 amide bonds. The third-order valence-corrected chi connectivity index (χ3v) is 4.21. The van der Waals surface area contributed by atoms with Crippen molar-refractivity contribution < 1.29 is 18.7 Å². The number of nitrogens with one attached hydrogen (secondary N) is 2. The molecule has 1 aromatic heterocycles. The van der Waals surface area contributed by atoms with Crippen LogP contribution in [0.1, 0.15) is 15.9 Å². The Bertz CT molecular complexity index is 980. The standard InChI is InChI=1S/C21H21FN4O3/c1-28-16-7-8-18(19(11-16)29-2)26-21-24-12-15(13-25-21)20(27)23-10-9-14-5-3-4-6-17(14)22/h3-8,11-13H,9-10H2,1-2H3,(H,23,27)(H,24,25,26). The molecule has 0 spiro atoms. The molecule has 3 rings (SSSR count). The highest BCUT2D eigenvalue weighted by atomic mass is 19.1. The van der Waals surface area contributed by atoms with Gasteiger partial charge in [0.1, 0.15) is 17.3 Å². The summed E-state index contributed by atoms with van der Waals surface area (Å²) in [6, 6.07) is 11.8. The molecule has 2 N–H and O–H groups in total. The Balaban J connectivity index is 1.58. The second kappa shape index (κ2) is 9.50. The van der Waals surface area contributed by atoms with Gasteiger partial charge < -0.3 is 20.1 Å². The molecule has 0 fully saturated rings. The summed E-state index contributed by atoms with van der Waals surface area (Å²) in [5.41, 5.74) is 1.53. The number of rotatable bonds is 8. The van der Waals surface area contributed by atoms with Crippen molar-refractivity contribution >= 4 is 17.5 Å². The number of hydrogen-bond acceptors (Lipinski definition) is 6. The maximum atomic E-state index is 13.6. The van der Waals surface area contributed by atoms with Crippen molar-refractivity contribution in [2.45, 2.75) is 6.42 Å². The van der Waals surface area contributed by atoms with E-state index in [1.165, 1.54) is 18.5 Å². The zero-order valence-electron chi connectivity index (χ0n) is 16.1. The summed E-state index contributed by atoms with van der Waals surface area (Å²) in [4.78, 5) is 20.5. The van der Waals surface area contributed by atoms with Gasteiger partial charge in [-0.1, -0.05) is 18.2 Å². The SMILES string of the molecule is COc1ccc(Nc2ncc(C(=O)NCCc3ccccc3F)cn2)c(OC)c1. The Morgan fingerprint density at radius 3 is 2.52 bits per heavy atom. The van der Waals surface area contributed by atoms with E-state index in [9.17, 15) is 9.18 Å². The van der Waals surface area contributed by atoms with Crippen LogP contribution in [0, 0.1) is 5.82 Å². The minimum absolute atomic E-state index is 0.283. The average molecular weight is 396 g/mol. The molecule has 2 aromatic carbocycles. The maximum absolute atomic E-state index is 13.6. The van der Waals surface area contributed by atoms with Gasteiger partial charge in [0, 0.05) is 25.0 Å². The lowest BCUT2D eigenvalue weighted by molar-refractivity contribution is 0.0953. The van der Waals surface area contributed by atoms with E-state index < -0.39 is 0 Å². The van der Waals surface area contributed by atoms with Crippen LogP contribution in [0.15, 0.2) is 54.9 Å². The first-order chi connectivity index (χ1) is 14.1. The molecule has 0 saturated carbocycles. The predicted molar refractivity (Wildman–Crippen MR) is 107 cm³/mol. The molecular weight excluding hydrogens is 375 g/mol. The largest absolute Gasteiger partial charge is 0.497 e. The summed E-state index contributed by atoms with van der Waals surface area (Å²) < 4.78 is 24.1. The molecule has 1 heterocycles. The van der Waals surface area contributed by atoms with Crippen molar-refractivity contribution in [1.82, 2.24) is 15.3 Å². The number of carbonyl (C=O) groups is 1. The molecule has 0 saturated heterocycles. The maximum Gasteiger partial charge on any atom is 0.254 e. The Morgan fingerprint density at radius 2 is 1.83 bits per heavy atom. The highest BCUT2D eigenvalue weighted by Crippen LogP contribution is 2.30. The Hall–Kier alpha value is -3.68. The molecule has 8 heteroatoms. The molecule has 0 radical (unpaired) electrons. The zero-order valence-corrected chi connectivity index (χ0v) is 16.1. The number of benzene rings is 2. The molecule has 0 aliphatic heterocycles. The predicted octanol–water partition coefficient (Wildman–Crippen LogP) is 3.35. The first-order valence-electron chi connectivity index (χ1n) is 8.93. The van der Waals surface area contributed by atoms with Crippen molar-refractivity contribution in [1.29, 1.82) is 0 Å². The summed E-state index contributed by atoms with van der Waals surface area (Å²) in [5, 5.41) is 5.77. The van der Waals surface area contributed by atoms with E-state index in [0.717, 1.165) is 0 Å². The van der Waals surface area contributed by atoms with Gasteiger partial charge in [-0.05, 0) is 30.2 Å². The van der Waals surface area contributed by atoms with E-state index in [2.05, 4.69) is 20.6 Å². The van der Waals surface area contributed by atoms with Crippen molar-refractivity contribution in [2.75, 3.05) is 26.1 Å². The van der Waals surface area contributed by atoms with Gasteiger partial charge in [-0.25, -0.2) is 14.4 Å². The van der Waals surface area contributed by atoms with Crippen LogP contribution < -0.4 is 20.1 Å². The van der Waals surface area contributed by atoms with Gasteiger partial charge in [0.15, 0.2) is 0 Å². The number of methoxy groups -OCH3 is 2. The monoisotopic (exact) mass is 396 g/mol. The second-order valence-corrected chi connectivity index (χ2v) is 6.08. The van der Waals surface area contributed by atoms with E-state index in [4.69, 9.17) is 9.47 Å².